The van der Waals surface area contributed by atoms with E-state index in [1.807, 2.05) is 0 Å². The minimum atomic E-state index is -0.151. The lowest BCUT2D eigenvalue weighted by Crippen LogP contribution is -2.44. The van der Waals surface area contributed by atoms with Gasteiger partial charge in [-0.2, -0.15) is 0 Å². The van der Waals surface area contributed by atoms with Crippen molar-refractivity contribution in [3.8, 4) is 0 Å². The molecule has 6 atom stereocenters. The van der Waals surface area contributed by atoms with E-state index >= 15 is 0 Å². The van der Waals surface area contributed by atoms with Gasteiger partial charge in [0.1, 0.15) is 0 Å². The summed E-state index contributed by atoms with van der Waals surface area (Å²) in [6.07, 6.45) is 20.8. The number of hydrogen-bond donors (Lipinski definition) is 2. The zero-order valence-electron chi connectivity index (χ0n) is 16.8. The molecule has 0 bridgehead atoms. The molecule has 0 amide bonds. The van der Waals surface area contributed by atoms with Gasteiger partial charge in [0.05, 0.1) is 12.2 Å². The molecule has 4 aliphatic rings. The molecule has 0 aliphatic heterocycles. The average molecular weight is 363 g/mol. The maximum absolute atomic E-state index is 10.9. The van der Waals surface area contributed by atoms with Gasteiger partial charge in [0.2, 0.25) is 0 Å². The van der Waals surface area contributed by atoms with Crippen molar-refractivity contribution >= 4 is 0 Å². The van der Waals surface area contributed by atoms with E-state index in [1.165, 1.54) is 77.0 Å². The summed E-state index contributed by atoms with van der Waals surface area (Å²) in [4.78, 5) is 0. The van der Waals surface area contributed by atoms with Crippen LogP contribution in [-0.2, 0) is 0 Å². The molecule has 0 heterocycles. The van der Waals surface area contributed by atoms with Crippen molar-refractivity contribution in [2.45, 2.75) is 115 Å². The van der Waals surface area contributed by atoms with Gasteiger partial charge in [0.15, 0.2) is 0 Å². The second kappa shape index (κ2) is 8.95. The highest BCUT2D eigenvalue weighted by Gasteiger charge is 2.42. The van der Waals surface area contributed by atoms with Crippen LogP contribution in [0.15, 0.2) is 0 Å². The molecule has 0 radical (unpaired) electrons. The minimum absolute atomic E-state index is 0.151. The average Bonchev–Trinajstić information content (AvgIpc) is 2.69. The number of hydrogen-bond acceptors (Lipinski definition) is 2. The van der Waals surface area contributed by atoms with Crippen LogP contribution in [0.1, 0.15) is 103 Å². The maximum atomic E-state index is 10.9. The van der Waals surface area contributed by atoms with Crippen LogP contribution in [-0.4, -0.2) is 22.4 Å². The summed E-state index contributed by atoms with van der Waals surface area (Å²) < 4.78 is 0. The molecule has 4 rings (SSSR count). The molecule has 0 aromatic rings. The van der Waals surface area contributed by atoms with Gasteiger partial charge in [-0.25, -0.2) is 0 Å². The monoisotopic (exact) mass is 362 g/mol. The first-order valence-corrected chi connectivity index (χ1v) is 12.1. The Kier molecular flexibility index (Phi) is 6.62. The van der Waals surface area contributed by atoms with Crippen LogP contribution < -0.4 is 0 Å². The lowest BCUT2D eigenvalue weighted by Gasteiger charge is -2.46. The van der Waals surface area contributed by atoms with E-state index in [-0.39, 0.29) is 12.2 Å². The Morgan fingerprint density at radius 2 is 0.769 bits per heavy atom. The van der Waals surface area contributed by atoms with Crippen molar-refractivity contribution in [3.63, 3.8) is 0 Å². The maximum Gasteiger partial charge on any atom is 0.0574 e. The van der Waals surface area contributed by atoms with Gasteiger partial charge in [0.25, 0.3) is 0 Å². The Balaban J connectivity index is 1.29. The Bertz CT molecular complexity index is 384. The van der Waals surface area contributed by atoms with Crippen LogP contribution in [0.5, 0.6) is 0 Å². The highest BCUT2D eigenvalue weighted by molar-refractivity contribution is 4.93. The second-order valence-corrected chi connectivity index (χ2v) is 10.4. The van der Waals surface area contributed by atoms with E-state index in [4.69, 9.17) is 0 Å². The van der Waals surface area contributed by atoms with Crippen molar-refractivity contribution < 1.29 is 10.2 Å². The molecule has 4 aliphatic carbocycles. The normalized spacial score (nSPS) is 44.1. The first-order valence-electron chi connectivity index (χ1n) is 12.1. The first kappa shape index (κ1) is 19.2. The minimum Gasteiger partial charge on any atom is -0.393 e. The molecule has 150 valence electrons. The Morgan fingerprint density at radius 1 is 0.385 bits per heavy atom. The van der Waals surface area contributed by atoms with Gasteiger partial charge in [0, 0.05) is 0 Å². The molecule has 4 saturated carbocycles. The predicted molar refractivity (Wildman–Crippen MR) is 107 cm³/mol. The molecule has 0 aromatic carbocycles. The van der Waals surface area contributed by atoms with E-state index in [2.05, 4.69) is 0 Å². The topological polar surface area (TPSA) is 40.5 Å². The second-order valence-electron chi connectivity index (χ2n) is 10.4. The third-order valence-corrected chi connectivity index (χ3v) is 9.00. The van der Waals surface area contributed by atoms with Gasteiger partial charge in [-0.05, 0) is 74.0 Å². The predicted octanol–water partition coefficient (Wildman–Crippen LogP) is 5.70. The van der Waals surface area contributed by atoms with Gasteiger partial charge < -0.3 is 10.2 Å². The fourth-order valence-corrected chi connectivity index (χ4v) is 7.47. The van der Waals surface area contributed by atoms with Crippen LogP contribution in [0.25, 0.3) is 0 Å². The van der Waals surface area contributed by atoms with E-state index in [0.717, 1.165) is 49.4 Å². The van der Waals surface area contributed by atoms with Crippen molar-refractivity contribution in [2.24, 2.45) is 35.5 Å². The molecule has 2 nitrogen and oxygen atoms in total. The highest BCUT2D eigenvalue weighted by atomic mass is 16.3. The molecular formula is C24H42O2. The zero-order chi connectivity index (χ0) is 17.9. The summed E-state index contributed by atoms with van der Waals surface area (Å²) in [5.74, 6) is 4.03. The molecule has 2 heteroatoms. The van der Waals surface area contributed by atoms with E-state index in [9.17, 15) is 10.2 Å². The summed E-state index contributed by atoms with van der Waals surface area (Å²) in [6.45, 7) is 0. The summed E-state index contributed by atoms with van der Waals surface area (Å²) in [5, 5.41) is 21.9. The van der Waals surface area contributed by atoms with E-state index < -0.39 is 0 Å². The van der Waals surface area contributed by atoms with Gasteiger partial charge in [-0.3, -0.25) is 0 Å². The SMILES string of the molecule is OC1CC(C2CCCCC2)CCC1C1CCC(C2CCCCC2)CC1O. The molecule has 0 aromatic heterocycles. The van der Waals surface area contributed by atoms with Crippen LogP contribution in [0.3, 0.4) is 0 Å². The Labute approximate surface area is 161 Å². The lowest BCUT2D eigenvalue weighted by molar-refractivity contribution is -0.0662. The Hall–Kier alpha value is -0.0800. The number of aliphatic hydroxyl groups is 2. The number of aliphatic hydroxyl groups excluding tert-OH is 2. The van der Waals surface area contributed by atoms with Crippen molar-refractivity contribution in [1.29, 1.82) is 0 Å². The van der Waals surface area contributed by atoms with Crippen LogP contribution >= 0.6 is 0 Å². The number of rotatable bonds is 3. The molecule has 0 spiro atoms. The van der Waals surface area contributed by atoms with Crippen molar-refractivity contribution in [2.75, 3.05) is 0 Å². The molecule has 2 N–H and O–H groups in total. The van der Waals surface area contributed by atoms with Crippen LogP contribution in [0.4, 0.5) is 0 Å². The van der Waals surface area contributed by atoms with Crippen molar-refractivity contribution in [3.05, 3.63) is 0 Å². The lowest BCUT2D eigenvalue weighted by atomic mass is 9.62. The summed E-state index contributed by atoms with van der Waals surface area (Å²) in [6, 6.07) is 0. The summed E-state index contributed by atoms with van der Waals surface area (Å²) in [5.41, 5.74) is 0. The highest BCUT2D eigenvalue weighted by Crippen LogP contribution is 2.47. The van der Waals surface area contributed by atoms with Crippen LogP contribution in [0.2, 0.25) is 0 Å². The summed E-state index contributed by atoms with van der Waals surface area (Å²) >= 11 is 0. The smallest absolute Gasteiger partial charge is 0.0574 e. The Morgan fingerprint density at radius 3 is 1.12 bits per heavy atom. The van der Waals surface area contributed by atoms with Crippen molar-refractivity contribution in [1.82, 2.24) is 0 Å². The molecule has 4 fully saturated rings. The quantitative estimate of drug-likeness (QED) is 0.676. The largest absolute Gasteiger partial charge is 0.393 e. The fourth-order valence-electron chi connectivity index (χ4n) is 7.47. The third kappa shape index (κ3) is 4.32. The van der Waals surface area contributed by atoms with E-state index in [0.29, 0.717) is 11.8 Å². The third-order valence-electron chi connectivity index (χ3n) is 9.00. The van der Waals surface area contributed by atoms with Gasteiger partial charge >= 0.3 is 0 Å². The molecule has 0 saturated heterocycles. The fraction of sp³-hybridized carbons (Fsp3) is 1.00. The van der Waals surface area contributed by atoms with E-state index in [1.54, 1.807) is 0 Å². The van der Waals surface area contributed by atoms with Gasteiger partial charge in [-0.1, -0.05) is 64.2 Å². The first-order chi connectivity index (χ1) is 12.7. The summed E-state index contributed by atoms with van der Waals surface area (Å²) in [7, 11) is 0. The van der Waals surface area contributed by atoms with Gasteiger partial charge in [-0.15, -0.1) is 0 Å². The molecular weight excluding hydrogens is 320 g/mol. The molecule has 26 heavy (non-hydrogen) atoms. The molecule has 6 unspecified atom stereocenters. The zero-order valence-corrected chi connectivity index (χ0v) is 16.8. The van der Waals surface area contributed by atoms with Crippen LogP contribution in [0, 0.1) is 35.5 Å². The standard InChI is InChI=1S/C24H42O2/c25-23-15-19(17-7-3-1-4-8-17)11-13-21(23)22-14-12-20(16-24(22)26)18-9-5-2-6-10-18/h17-26H,1-16H2.